The first-order valence-corrected chi connectivity index (χ1v) is 5.93. The lowest BCUT2D eigenvalue weighted by Crippen LogP contribution is -2.32. The Hall–Kier alpha value is -0.540. The first-order valence-electron chi connectivity index (χ1n) is 4.77. The van der Waals surface area contributed by atoms with Gasteiger partial charge in [0.05, 0.1) is 0 Å². The van der Waals surface area contributed by atoms with Crippen LogP contribution in [-0.4, -0.2) is 16.6 Å². The number of hydrogen-bond donors (Lipinski definition) is 1. The summed E-state index contributed by atoms with van der Waals surface area (Å²) in [7, 11) is 0. The maximum Gasteiger partial charge on any atom is 0.129 e. The van der Waals surface area contributed by atoms with E-state index in [0.717, 1.165) is 12.2 Å². The summed E-state index contributed by atoms with van der Waals surface area (Å²) in [5, 5.41) is 10.3. The number of thioether (sulfide) groups is 1. The van der Waals surface area contributed by atoms with Crippen LogP contribution in [0.4, 0.5) is 4.39 Å². The molecular weight excluding hydrogens is 199 g/mol. The van der Waals surface area contributed by atoms with Gasteiger partial charge in [-0.05, 0) is 24.7 Å². The Morgan fingerprint density at radius 3 is 2.79 bits per heavy atom. The van der Waals surface area contributed by atoms with Crippen molar-refractivity contribution < 1.29 is 9.50 Å². The number of hydrogen-bond acceptors (Lipinski definition) is 2. The van der Waals surface area contributed by atoms with Crippen LogP contribution in [0.2, 0.25) is 0 Å². The number of rotatable bonds is 1. The summed E-state index contributed by atoms with van der Waals surface area (Å²) in [5.41, 5.74) is -0.499. The fraction of sp³-hybridized carbons (Fsp3) is 0.455. The monoisotopic (exact) mass is 212 g/mol. The van der Waals surface area contributed by atoms with E-state index in [2.05, 4.69) is 0 Å². The zero-order chi connectivity index (χ0) is 10.0. The van der Waals surface area contributed by atoms with Gasteiger partial charge in [-0.15, -0.1) is 0 Å². The highest BCUT2D eigenvalue weighted by Crippen LogP contribution is 2.36. The molecule has 1 unspecified atom stereocenters. The molecule has 1 nitrogen and oxygen atoms in total. The van der Waals surface area contributed by atoms with Gasteiger partial charge in [0.2, 0.25) is 0 Å². The summed E-state index contributed by atoms with van der Waals surface area (Å²) >= 11 is 1.69. The molecule has 1 atom stereocenters. The Kier molecular flexibility index (Phi) is 2.79. The summed E-state index contributed by atoms with van der Waals surface area (Å²) in [5.74, 6) is 1.38. The summed E-state index contributed by atoms with van der Waals surface area (Å²) in [6.45, 7) is 0. The smallest absolute Gasteiger partial charge is 0.129 e. The fourth-order valence-electron chi connectivity index (χ4n) is 1.83. The molecule has 0 amide bonds. The SMILES string of the molecule is OC1(c2ccccc2F)CCCSC1. The molecule has 3 heteroatoms. The Morgan fingerprint density at radius 2 is 2.14 bits per heavy atom. The van der Waals surface area contributed by atoms with E-state index < -0.39 is 5.60 Å². The molecule has 76 valence electrons. The average Bonchev–Trinajstić information content (AvgIpc) is 2.19. The fourth-order valence-corrected chi connectivity index (χ4v) is 2.96. The van der Waals surface area contributed by atoms with Gasteiger partial charge in [0.15, 0.2) is 0 Å². The van der Waals surface area contributed by atoms with Crippen LogP contribution in [0.1, 0.15) is 18.4 Å². The lowest BCUT2D eigenvalue weighted by atomic mass is 9.90. The highest BCUT2D eigenvalue weighted by Gasteiger charge is 2.33. The number of aliphatic hydroxyl groups is 1. The summed E-state index contributed by atoms with van der Waals surface area (Å²) in [6.07, 6.45) is 1.62. The van der Waals surface area contributed by atoms with E-state index >= 15 is 0 Å². The van der Waals surface area contributed by atoms with Gasteiger partial charge in [0.1, 0.15) is 11.4 Å². The van der Waals surface area contributed by atoms with E-state index in [1.54, 1.807) is 30.0 Å². The first-order chi connectivity index (χ1) is 6.72. The maximum atomic E-state index is 13.5. The predicted octanol–water partition coefficient (Wildman–Crippen LogP) is 2.54. The molecule has 2 rings (SSSR count). The molecule has 0 bridgehead atoms. The number of halogens is 1. The Labute approximate surface area is 87.3 Å². The largest absolute Gasteiger partial charge is 0.384 e. The molecule has 0 aliphatic carbocycles. The second kappa shape index (κ2) is 3.91. The summed E-state index contributed by atoms with van der Waals surface area (Å²) in [4.78, 5) is 0. The average molecular weight is 212 g/mol. The lowest BCUT2D eigenvalue weighted by molar-refractivity contribution is 0.0458. The molecule has 1 N–H and O–H groups in total. The van der Waals surface area contributed by atoms with Crippen molar-refractivity contribution in [1.29, 1.82) is 0 Å². The van der Waals surface area contributed by atoms with Crippen molar-refractivity contribution in [1.82, 2.24) is 0 Å². The minimum atomic E-state index is -0.950. The van der Waals surface area contributed by atoms with Crippen LogP contribution in [0, 0.1) is 5.82 Å². The zero-order valence-corrected chi connectivity index (χ0v) is 8.69. The highest BCUT2D eigenvalue weighted by molar-refractivity contribution is 7.99. The molecule has 0 aromatic heterocycles. The molecule has 0 radical (unpaired) electrons. The van der Waals surface area contributed by atoms with Crippen molar-refractivity contribution in [3.05, 3.63) is 35.6 Å². The third kappa shape index (κ3) is 1.79. The third-order valence-electron chi connectivity index (χ3n) is 2.60. The molecule has 1 aromatic carbocycles. The Bertz CT molecular complexity index is 321. The van der Waals surface area contributed by atoms with Crippen molar-refractivity contribution >= 4 is 11.8 Å². The minimum absolute atomic E-state index is 0.294. The van der Waals surface area contributed by atoms with Gasteiger partial charge in [0, 0.05) is 11.3 Å². The van der Waals surface area contributed by atoms with E-state index in [9.17, 15) is 9.50 Å². The molecule has 1 fully saturated rings. The Morgan fingerprint density at radius 1 is 1.36 bits per heavy atom. The van der Waals surface area contributed by atoms with Gasteiger partial charge >= 0.3 is 0 Å². The molecular formula is C11H13FOS. The van der Waals surface area contributed by atoms with E-state index in [0.29, 0.717) is 17.7 Å². The van der Waals surface area contributed by atoms with E-state index in [1.807, 2.05) is 0 Å². The Balaban J connectivity index is 2.32. The molecule has 1 saturated heterocycles. The van der Waals surface area contributed by atoms with Crippen molar-refractivity contribution in [2.24, 2.45) is 0 Å². The van der Waals surface area contributed by atoms with Crippen molar-refractivity contribution in [2.45, 2.75) is 18.4 Å². The van der Waals surface area contributed by atoms with E-state index in [4.69, 9.17) is 0 Å². The van der Waals surface area contributed by atoms with E-state index in [1.165, 1.54) is 6.07 Å². The first kappa shape index (κ1) is 9.99. The lowest BCUT2D eigenvalue weighted by Gasteiger charge is -2.32. The molecule has 0 saturated carbocycles. The standard InChI is InChI=1S/C11H13FOS/c12-10-5-2-1-4-9(10)11(13)6-3-7-14-8-11/h1-2,4-5,13H,3,6-8H2. The molecule has 1 heterocycles. The van der Waals surface area contributed by atoms with Crippen LogP contribution < -0.4 is 0 Å². The molecule has 14 heavy (non-hydrogen) atoms. The second-order valence-corrected chi connectivity index (χ2v) is 4.77. The topological polar surface area (TPSA) is 20.2 Å². The van der Waals surface area contributed by atoms with Gasteiger partial charge in [-0.2, -0.15) is 11.8 Å². The van der Waals surface area contributed by atoms with Gasteiger partial charge < -0.3 is 5.11 Å². The van der Waals surface area contributed by atoms with Crippen LogP contribution in [0.3, 0.4) is 0 Å². The predicted molar refractivity (Wildman–Crippen MR) is 56.9 cm³/mol. The number of benzene rings is 1. The van der Waals surface area contributed by atoms with Crippen LogP contribution in [0.25, 0.3) is 0 Å². The molecule has 1 aliphatic rings. The van der Waals surface area contributed by atoms with E-state index in [-0.39, 0.29) is 5.82 Å². The van der Waals surface area contributed by atoms with Gasteiger partial charge in [-0.1, -0.05) is 18.2 Å². The maximum absolute atomic E-state index is 13.5. The van der Waals surface area contributed by atoms with Crippen LogP contribution in [0.15, 0.2) is 24.3 Å². The van der Waals surface area contributed by atoms with Crippen LogP contribution in [-0.2, 0) is 5.60 Å². The highest BCUT2D eigenvalue weighted by atomic mass is 32.2. The van der Waals surface area contributed by atoms with Crippen molar-refractivity contribution in [3.8, 4) is 0 Å². The quantitative estimate of drug-likeness (QED) is 0.772. The van der Waals surface area contributed by atoms with Gasteiger partial charge in [-0.25, -0.2) is 4.39 Å². The molecule has 1 aromatic rings. The van der Waals surface area contributed by atoms with Gasteiger partial charge in [0.25, 0.3) is 0 Å². The van der Waals surface area contributed by atoms with Crippen molar-refractivity contribution in [2.75, 3.05) is 11.5 Å². The van der Waals surface area contributed by atoms with Crippen LogP contribution in [0.5, 0.6) is 0 Å². The molecule has 0 spiro atoms. The minimum Gasteiger partial charge on any atom is -0.384 e. The van der Waals surface area contributed by atoms with Crippen LogP contribution >= 0.6 is 11.8 Å². The second-order valence-electron chi connectivity index (χ2n) is 3.67. The zero-order valence-electron chi connectivity index (χ0n) is 7.87. The van der Waals surface area contributed by atoms with Gasteiger partial charge in [-0.3, -0.25) is 0 Å². The van der Waals surface area contributed by atoms with Crippen molar-refractivity contribution in [3.63, 3.8) is 0 Å². The summed E-state index contributed by atoms with van der Waals surface area (Å²) in [6, 6.07) is 6.52. The third-order valence-corrected chi connectivity index (χ3v) is 3.85. The summed E-state index contributed by atoms with van der Waals surface area (Å²) < 4.78 is 13.5. The molecule has 1 aliphatic heterocycles. The normalized spacial score (nSPS) is 27.6.